The number of piperidine rings is 1. The molecular weight excluding hydrogens is 292 g/mol. The largest absolute Gasteiger partial charge is 0.338 e. The maximum absolute atomic E-state index is 12.6. The second-order valence-electron chi connectivity index (χ2n) is 6.26. The number of amides is 2. The topological polar surface area (TPSA) is 78.8 Å². The highest BCUT2D eigenvalue weighted by Gasteiger charge is 2.28. The van der Waals surface area contributed by atoms with Crippen molar-refractivity contribution in [1.82, 2.24) is 30.2 Å². The average Bonchev–Trinajstić information content (AvgIpc) is 3.26. The van der Waals surface area contributed by atoms with Gasteiger partial charge in [-0.3, -0.25) is 9.78 Å². The van der Waals surface area contributed by atoms with Crippen molar-refractivity contribution >= 4 is 6.03 Å². The van der Waals surface area contributed by atoms with Gasteiger partial charge in [-0.05, 0) is 31.2 Å². The molecule has 7 heteroatoms. The normalized spacial score (nSPS) is 19.5. The van der Waals surface area contributed by atoms with E-state index >= 15 is 0 Å². The first kappa shape index (κ1) is 15.6. The van der Waals surface area contributed by atoms with Crippen molar-refractivity contribution in [3.8, 4) is 0 Å². The standard InChI is InChI=1S/C16H24N6O/c1-13(12-21-7-4-6-20-21)9-17-16(23)22-8-3-2-5-15(22)14-10-18-19-11-14/h4,6-7,10-11,13,15H,2-3,5,8-9,12H2,1H3,(H,17,23)(H,18,19)/t13-,15+/m0/s1. The van der Waals surface area contributed by atoms with Crippen LogP contribution in [0.1, 0.15) is 37.8 Å². The summed E-state index contributed by atoms with van der Waals surface area (Å²) in [5.74, 6) is 0.330. The predicted octanol–water partition coefficient (Wildman–Crippen LogP) is 2.18. The highest BCUT2D eigenvalue weighted by atomic mass is 16.2. The zero-order chi connectivity index (χ0) is 16.1. The van der Waals surface area contributed by atoms with Gasteiger partial charge in [0.2, 0.25) is 0 Å². The molecular formula is C16H24N6O. The number of nitrogens with zero attached hydrogens (tertiary/aromatic N) is 4. The number of H-pyrrole nitrogens is 1. The third-order valence-corrected chi connectivity index (χ3v) is 4.33. The molecule has 2 N–H and O–H groups in total. The van der Waals surface area contributed by atoms with E-state index in [0.29, 0.717) is 12.5 Å². The van der Waals surface area contributed by atoms with E-state index in [4.69, 9.17) is 0 Å². The smallest absolute Gasteiger partial charge is 0.317 e. The van der Waals surface area contributed by atoms with E-state index in [9.17, 15) is 4.79 Å². The third kappa shape index (κ3) is 3.91. The second kappa shape index (κ2) is 7.30. The Hall–Kier alpha value is -2.31. The van der Waals surface area contributed by atoms with Gasteiger partial charge in [-0.2, -0.15) is 10.2 Å². The number of urea groups is 1. The molecule has 0 radical (unpaired) electrons. The van der Waals surface area contributed by atoms with E-state index in [2.05, 4.69) is 27.5 Å². The van der Waals surface area contributed by atoms with Crippen LogP contribution < -0.4 is 5.32 Å². The van der Waals surface area contributed by atoms with Crippen molar-refractivity contribution in [2.75, 3.05) is 13.1 Å². The first-order chi connectivity index (χ1) is 11.2. The Morgan fingerprint density at radius 2 is 2.43 bits per heavy atom. The molecule has 2 atom stereocenters. The molecule has 1 aliphatic heterocycles. The lowest BCUT2D eigenvalue weighted by Gasteiger charge is -2.35. The van der Waals surface area contributed by atoms with Crippen LogP contribution in [0.5, 0.6) is 0 Å². The van der Waals surface area contributed by atoms with Gasteiger partial charge in [0.05, 0.1) is 12.2 Å². The van der Waals surface area contributed by atoms with E-state index < -0.39 is 0 Å². The minimum atomic E-state index is 0.0169. The zero-order valence-electron chi connectivity index (χ0n) is 13.5. The Balaban J connectivity index is 1.53. The van der Waals surface area contributed by atoms with E-state index in [-0.39, 0.29) is 12.1 Å². The molecule has 0 aliphatic carbocycles. The Morgan fingerprint density at radius 3 is 3.17 bits per heavy atom. The Morgan fingerprint density at radius 1 is 1.52 bits per heavy atom. The molecule has 3 rings (SSSR count). The number of hydrogen-bond acceptors (Lipinski definition) is 3. The van der Waals surface area contributed by atoms with E-state index in [1.54, 1.807) is 6.20 Å². The van der Waals surface area contributed by atoms with E-state index in [1.807, 2.05) is 34.2 Å². The maximum Gasteiger partial charge on any atom is 0.317 e. The molecule has 0 aromatic carbocycles. The predicted molar refractivity (Wildman–Crippen MR) is 86.7 cm³/mol. The van der Waals surface area contributed by atoms with Gasteiger partial charge >= 0.3 is 6.03 Å². The lowest BCUT2D eigenvalue weighted by molar-refractivity contribution is 0.150. The van der Waals surface area contributed by atoms with Crippen molar-refractivity contribution in [2.45, 2.75) is 38.8 Å². The van der Waals surface area contributed by atoms with Gasteiger partial charge in [-0.15, -0.1) is 0 Å². The van der Waals surface area contributed by atoms with Gasteiger partial charge in [0.25, 0.3) is 0 Å². The van der Waals surface area contributed by atoms with Gasteiger partial charge in [-0.25, -0.2) is 4.79 Å². The highest BCUT2D eigenvalue weighted by molar-refractivity contribution is 5.74. The van der Waals surface area contributed by atoms with Crippen molar-refractivity contribution in [3.63, 3.8) is 0 Å². The molecule has 2 aromatic heterocycles. The molecule has 1 saturated heterocycles. The van der Waals surface area contributed by atoms with Crippen molar-refractivity contribution in [3.05, 3.63) is 36.4 Å². The highest BCUT2D eigenvalue weighted by Crippen LogP contribution is 2.30. The van der Waals surface area contributed by atoms with Crippen LogP contribution in [0.4, 0.5) is 4.79 Å². The van der Waals surface area contributed by atoms with Crippen molar-refractivity contribution < 1.29 is 4.79 Å². The number of carbonyl (C=O) groups is 1. The average molecular weight is 316 g/mol. The van der Waals surface area contributed by atoms with Gasteiger partial charge in [0, 0.05) is 43.8 Å². The van der Waals surface area contributed by atoms with Crippen LogP contribution in [0.15, 0.2) is 30.9 Å². The van der Waals surface area contributed by atoms with Gasteiger partial charge < -0.3 is 10.2 Å². The molecule has 0 spiro atoms. The zero-order valence-corrected chi connectivity index (χ0v) is 13.5. The summed E-state index contributed by atoms with van der Waals surface area (Å²) in [5.41, 5.74) is 1.09. The fraction of sp³-hybridized carbons (Fsp3) is 0.562. The fourth-order valence-corrected chi connectivity index (χ4v) is 3.12. The number of aromatic nitrogens is 4. The lowest BCUT2D eigenvalue weighted by Crippen LogP contribution is -2.45. The van der Waals surface area contributed by atoms with E-state index in [1.165, 1.54) is 0 Å². The van der Waals surface area contributed by atoms with Crippen LogP contribution in [0.25, 0.3) is 0 Å². The fourth-order valence-electron chi connectivity index (χ4n) is 3.12. The second-order valence-corrected chi connectivity index (χ2v) is 6.26. The first-order valence-electron chi connectivity index (χ1n) is 8.24. The summed E-state index contributed by atoms with van der Waals surface area (Å²) in [7, 11) is 0. The van der Waals surface area contributed by atoms with Crippen LogP contribution >= 0.6 is 0 Å². The van der Waals surface area contributed by atoms with Crippen molar-refractivity contribution in [1.29, 1.82) is 0 Å². The monoisotopic (exact) mass is 316 g/mol. The summed E-state index contributed by atoms with van der Waals surface area (Å²) in [6.07, 6.45) is 10.6. The molecule has 1 fully saturated rings. The van der Waals surface area contributed by atoms with Gasteiger partial charge in [0.1, 0.15) is 0 Å². The van der Waals surface area contributed by atoms with Gasteiger partial charge in [0.15, 0.2) is 0 Å². The maximum atomic E-state index is 12.6. The number of nitrogens with one attached hydrogen (secondary N) is 2. The molecule has 7 nitrogen and oxygen atoms in total. The lowest BCUT2D eigenvalue weighted by atomic mass is 9.98. The molecule has 0 saturated carbocycles. The number of likely N-dealkylation sites (tertiary alicyclic amines) is 1. The quantitative estimate of drug-likeness (QED) is 0.887. The Labute approximate surface area is 136 Å². The number of hydrogen-bond donors (Lipinski definition) is 2. The summed E-state index contributed by atoms with van der Waals surface area (Å²) >= 11 is 0. The van der Waals surface area contributed by atoms with Crippen molar-refractivity contribution in [2.24, 2.45) is 5.92 Å². The molecule has 2 aromatic rings. The Kier molecular flexibility index (Phi) is 4.95. The SMILES string of the molecule is C[C@@H](CNC(=O)N1CCCC[C@@H]1c1cn[nH]c1)Cn1cccn1. The minimum absolute atomic E-state index is 0.0169. The summed E-state index contributed by atoms with van der Waals surface area (Å²) in [5, 5.41) is 14.1. The van der Waals surface area contributed by atoms with Gasteiger partial charge in [-0.1, -0.05) is 6.92 Å². The molecule has 0 unspecified atom stereocenters. The minimum Gasteiger partial charge on any atom is -0.338 e. The first-order valence-corrected chi connectivity index (χ1v) is 8.24. The summed E-state index contributed by atoms with van der Waals surface area (Å²) in [6, 6.07) is 2.06. The molecule has 3 heterocycles. The molecule has 1 aliphatic rings. The molecule has 23 heavy (non-hydrogen) atoms. The number of carbonyl (C=O) groups excluding carboxylic acids is 1. The van der Waals surface area contributed by atoms with Crippen LogP contribution in [-0.2, 0) is 6.54 Å². The van der Waals surface area contributed by atoms with Crippen LogP contribution in [0, 0.1) is 5.92 Å². The Bertz CT molecular complexity index is 594. The summed E-state index contributed by atoms with van der Waals surface area (Å²) < 4.78 is 1.89. The number of aromatic amines is 1. The van der Waals surface area contributed by atoms with Crippen LogP contribution in [0.3, 0.4) is 0 Å². The summed E-state index contributed by atoms with van der Waals surface area (Å²) in [6.45, 7) is 4.37. The summed E-state index contributed by atoms with van der Waals surface area (Å²) in [4.78, 5) is 14.5. The molecule has 0 bridgehead atoms. The van der Waals surface area contributed by atoms with Crippen LogP contribution in [-0.4, -0.2) is 44.0 Å². The van der Waals surface area contributed by atoms with E-state index in [0.717, 1.165) is 37.9 Å². The third-order valence-electron chi connectivity index (χ3n) is 4.33. The molecule has 2 amide bonds. The number of rotatable bonds is 5. The van der Waals surface area contributed by atoms with Crippen LogP contribution in [0.2, 0.25) is 0 Å². The molecule has 124 valence electrons.